The summed E-state index contributed by atoms with van der Waals surface area (Å²) in [5.41, 5.74) is 0.374. The number of hydrogen-bond donors (Lipinski definition) is 2. The smallest absolute Gasteiger partial charge is 0.122 e. The molecular formula is C16H27NO3. The first-order valence-corrected chi connectivity index (χ1v) is 7.08. The van der Waals surface area contributed by atoms with Crippen molar-refractivity contribution in [1.29, 1.82) is 0 Å². The number of ether oxygens (including phenoxy) is 2. The van der Waals surface area contributed by atoms with E-state index < -0.39 is 5.60 Å². The quantitative estimate of drug-likeness (QED) is 0.769. The first kappa shape index (κ1) is 16.8. The summed E-state index contributed by atoms with van der Waals surface area (Å²) < 4.78 is 10.5. The topological polar surface area (TPSA) is 50.7 Å². The van der Waals surface area contributed by atoms with Crippen molar-refractivity contribution in [1.82, 2.24) is 5.32 Å². The minimum Gasteiger partial charge on any atom is -0.497 e. The van der Waals surface area contributed by atoms with Crippen molar-refractivity contribution in [3.8, 4) is 11.5 Å². The average molecular weight is 281 g/mol. The second kappa shape index (κ2) is 7.50. The number of methoxy groups -OCH3 is 2. The van der Waals surface area contributed by atoms with Crippen molar-refractivity contribution in [2.75, 3.05) is 20.8 Å². The highest BCUT2D eigenvalue weighted by molar-refractivity contribution is 5.38. The van der Waals surface area contributed by atoms with E-state index >= 15 is 0 Å². The minimum atomic E-state index is -0.697. The summed E-state index contributed by atoms with van der Waals surface area (Å²) in [5.74, 6) is 1.81. The fraction of sp³-hybridized carbons (Fsp3) is 0.625. The van der Waals surface area contributed by atoms with E-state index in [0.29, 0.717) is 13.1 Å². The summed E-state index contributed by atoms with van der Waals surface area (Å²) in [6.07, 6.45) is 0.960. The summed E-state index contributed by atoms with van der Waals surface area (Å²) >= 11 is 0. The Labute approximate surface area is 122 Å². The molecule has 0 radical (unpaired) electrons. The Balaban J connectivity index is 2.61. The van der Waals surface area contributed by atoms with Crippen LogP contribution in [0, 0.1) is 5.92 Å². The van der Waals surface area contributed by atoms with Crippen molar-refractivity contribution in [3.05, 3.63) is 23.8 Å². The Morgan fingerprint density at radius 3 is 2.20 bits per heavy atom. The van der Waals surface area contributed by atoms with Crippen molar-refractivity contribution >= 4 is 0 Å². The zero-order valence-electron chi connectivity index (χ0n) is 13.2. The van der Waals surface area contributed by atoms with Crippen LogP contribution in [0.2, 0.25) is 0 Å². The van der Waals surface area contributed by atoms with Gasteiger partial charge in [0.15, 0.2) is 0 Å². The van der Waals surface area contributed by atoms with Gasteiger partial charge in [-0.25, -0.2) is 0 Å². The highest BCUT2D eigenvalue weighted by Crippen LogP contribution is 2.23. The van der Waals surface area contributed by atoms with Gasteiger partial charge in [-0.15, -0.1) is 0 Å². The van der Waals surface area contributed by atoms with E-state index in [-0.39, 0.29) is 5.92 Å². The maximum absolute atomic E-state index is 10.4. The number of hydrogen-bond acceptors (Lipinski definition) is 4. The highest BCUT2D eigenvalue weighted by Gasteiger charge is 2.26. The van der Waals surface area contributed by atoms with Gasteiger partial charge in [0.2, 0.25) is 0 Å². The molecule has 0 fully saturated rings. The number of nitrogens with one attached hydrogen (secondary N) is 1. The molecular weight excluding hydrogens is 254 g/mol. The average Bonchev–Trinajstić information content (AvgIpc) is 2.45. The Kier molecular flexibility index (Phi) is 6.30. The Hall–Kier alpha value is -1.26. The molecule has 1 rings (SSSR count). The molecule has 0 aromatic heterocycles. The lowest BCUT2D eigenvalue weighted by Gasteiger charge is -2.30. The number of benzene rings is 1. The van der Waals surface area contributed by atoms with Crippen LogP contribution in [0.15, 0.2) is 18.2 Å². The van der Waals surface area contributed by atoms with E-state index in [4.69, 9.17) is 9.47 Å². The van der Waals surface area contributed by atoms with Gasteiger partial charge in [0, 0.05) is 19.2 Å². The van der Waals surface area contributed by atoms with Crippen molar-refractivity contribution in [2.45, 2.75) is 39.3 Å². The second-order valence-electron chi connectivity index (χ2n) is 5.49. The van der Waals surface area contributed by atoms with Gasteiger partial charge in [-0.05, 0) is 30.5 Å². The van der Waals surface area contributed by atoms with Crippen LogP contribution in [-0.4, -0.2) is 31.5 Å². The number of aliphatic hydroxyl groups is 1. The summed E-state index contributed by atoms with van der Waals surface area (Å²) in [7, 11) is 3.28. The first-order valence-electron chi connectivity index (χ1n) is 7.08. The summed E-state index contributed by atoms with van der Waals surface area (Å²) in [6.45, 7) is 7.25. The van der Waals surface area contributed by atoms with E-state index in [2.05, 4.69) is 19.2 Å². The zero-order chi connectivity index (χ0) is 15.2. The Morgan fingerprint density at radius 1 is 1.20 bits per heavy atom. The van der Waals surface area contributed by atoms with Crippen LogP contribution in [0.1, 0.15) is 32.8 Å². The Bertz CT molecular complexity index is 396. The second-order valence-corrected chi connectivity index (χ2v) is 5.49. The molecule has 4 nitrogen and oxygen atoms in total. The fourth-order valence-corrected chi connectivity index (χ4v) is 2.04. The van der Waals surface area contributed by atoms with E-state index in [1.807, 2.05) is 25.1 Å². The van der Waals surface area contributed by atoms with Gasteiger partial charge in [0.1, 0.15) is 11.5 Å². The molecule has 0 spiro atoms. The molecule has 0 saturated carbocycles. The van der Waals surface area contributed by atoms with Crippen molar-refractivity contribution < 1.29 is 14.6 Å². The van der Waals surface area contributed by atoms with Crippen LogP contribution < -0.4 is 14.8 Å². The first-order chi connectivity index (χ1) is 9.42. The van der Waals surface area contributed by atoms with Gasteiger partial charge >= 0.3 is 0 Å². The van der Waals surface area contributed by atoms with Crippen LogP contribution in [0.3, 0.4) is 0 Å². The van der Waals surface area contributed by atoms with E-state index in [1.165, 1.54) is 0 Å². The lowest BCUT2D eigenvalue weighted by atomic mass is 9.88. The third kappa shape index (κ3) is 4.69. The SMILES string of the molecule is CCC(C)C(C)(O)CNCc1cc(OC)cc(OC)c1. The summed E-state index contributed by atoms with van der Waals surface area (Å²) in [4.78, 5) is 0. The summed E-state index contributed by atoms with van der Waals surface area (Å²) in [5, 5.41) is 13.6. The molecule has 2 atom stereocenters. The molecule has 0 saturated heterocycles. The molecule has 2 unspecified atom stereocenters. The molecule has 20 heavy (non-hydrogen) atoms. The van der Waals surface area contributed by atoms with Crippen LogP contribution in [0.5, 0.6) is 11.5 Å². The van der Waals surface area contributed by atoms with Crippen LogP contribution >= 0.6 is 0 Å². The third-order valence-electron chi connectivity index (χ3n) is 3.90. The van der Waals surface area contributed by atoms with Crippen molar-refractivity contribution in [2.24, 2.45) is 5.92 Å². The summed E-state index contributed by atoms with van der Waals surface area (Å²) in [6, 6.07) is 5.78. The highest BCUT2D eigenvalue weighted by atomic mass is 16.5. The molecule has 0 bridgehead atoms. The maximum Gasteiger partial charge on any atom is 0.122 e. The lowest BCUT2D eigenvalue weighted by molar-refractivity contribution is 0.00535. The van der Waals surface area contributed by atoms with Gasteiger partial charge in [0.25, 0.3) is 0 Å². The lowest BCUT2D eigenvalue weighted by Crippen LogP contribution is -2.42. The van der Waals surface area contributed by atoms with E-state index in [0.717, 1.165) is 23.5 Å². The van der Waals surface area contributed by atoms with Crippen molar-refractivity contribution in [3.63, 3.8) is 0 Å². The minimum absolute atomic E-state index is 0.259. The molecule has 0 amide bonds. The normalized spacial score (nSPS) is 15.5. The molecule has 4 heteroatoms. The zero-order valence-corrected chi connectivity index (χ0v) is 13.2. The monoisotopic (exact) mass is 281 g/mol. The molecule has 0 aliphatic carbocycles. The standard InChI is InChI=1S/C16H27NO3/c1-6-12(2)16(3,18)11-17-10-13-7-14(19-4)9-15(8-13)20-5/h7-9,12,17-18H,6,10-11H2,1-5H3. The maximum atomic E-state index is 10.4. The van der Waals surface area contributed by atoms with E-state index in [1.54, 1.807) is 14.2 Å². The predicted molar refractivity (Wildman–Crippen MR) is 81.3 cm³/mol. The molecule has 114 valence electrons. The molecule has 1 aromatic carbocycles. The van der Waals surface area contributed by atoms with Crippen LogP contribution in [0.25, 0.3) is 0 Å². The molecule has 1 aromatic rings. The van der Waals surface area contributed by atoms with Crippen LogP contribution in [-0.2, 0) is 6.54 Å². The van der Waals surface area contributed by atoms with Gasteiger partial charge in [0.05, 0.1) is 19.8 Å². The molecule has 2 N–H and O–H groups in total. The fourth-order valence-electron chi connectivity index (χ4n) is 2.04. The van der Waals surface area contributed by atoms with Gasteiger partial charge in [-0.3, -0.25) is 0 Å². The predicted octanol–water partition coefficient (Wildman–Crippen LogP) is 2.59. The third-order valence-corrected chi connectivity index (χ3v) is 3.90. The molecule has 0 aliphatic heterocycles. The molecule has 0 aliphatic rings. The Morgan fingerprint density at radius 2 is 1.75 bits per heavy atom. The van der Waals surface area contributed by atoms with E-state index in [9.17, 15) is 5.11 Å². The van der Waals surface area contributed by atoms with Gasteiger partial charge < -0.3 is 19.9 Å². The number of rotatable bonds is 8. The van der Waals surface area contributed by atoms with Gasteiger partial charge in [-0.1, -0.05) is 20.3 Å². The molecule has 0 heterocycles. The largest absolute Gasteiger partial charge is 0.497 e. The van der Waals surface area contributed by atoms with Crippen LogP contribution in [0.4, 0.5) is 0 Å². The van der Waals surface area contributed by atoms with Gasteiger partial charge in [-0.2, -0.15) is 0 Å².